The van der Waals surface area contributed by atoms with E-state index in [-0.39, 0.29) is 16.3 Å². The topological polar surface area (TPSA) is 100 Å². The molecule has 0 aliphatic rings. The van der Waals surface area contributed by atoms with E-state index < -0.39 is 15.4 Å². The molecule has 6 nitrogen and oxygen atoms in total. The highest BCUT2D eigenvalue weighted by atomic mass is 32.2. The third-order valence-corrected chi connectivity index (χ3v) is 5.11. The first-order chi connectivity index (χ1) is 12.1. The van der Waals surface area contributed by atoms with Crippen LogP contribution in [0, 0.1) is 16.7 Å². The van der Waals surface area contributed by atoms with Crippen LogP contribution in [0.4, 0.5) is 0 Å². The molecule has 0 amide bonds. The zero-order valence-electron chi connectivity index (χ0n) is 15.0. The van der Waals surface area contributed by atoms with Crippen LogP contribution in [0.1, 0.15) is 26.5 Å². The van der Waals surface area contributed by atoms with E-state index in [9.17, 15) is 18.5 Å². The number of sulfonamides is 1. The number of carbonyl (C=O) groups excluding carboxylic acids is 1. The Bertz CT molecular complexity index is 985. The second-order valence-electron chi connectivity index (χ2n) is 6.68. The van der Waals surface area contributed by atoms with E-state index >= 15 is 0 Å². The maximum Gasteiger partial charge on any atom is 0.240 e. The molecule has 0 bridgehead atoms. The van der Waals surface area contributed by atoms with Gasteiger partial charge >= 0.3 is 0 Å². The van der Waals surface area contributed by atoms with Gasteiger partial charge in [0.05, 0.1) is 10.5 Å². The van der Waals surface area contributed by atoms with Crippen LogP contribution in [0.2, 0.25) is 0 Å². The molecule has 0 saturated heterocycles. The van der Waals surface area contributed by atoms with Gasteiger partial charge in [-0.3, -0.25) is 4.79 Å². The maximum atomic E-state index is 12.2. The number of allylic oxidation sites excluding steroid dienone is 1. The van der Waals surface area contributed by atoms with Gasteiger partial charge in [-0.2, -0.15) is 5.26 Å². The average molecular weight is 372 g/mol. The number of hydrogen-bond acceptors (Lipinski definition) is 5. The molecule has 26 heavy (non-hydrogen) atoms. The zero-order valence-corrected chi connectivity index (χ0v) is 15.8. The van der Waals surface area contributed by atoms with Gasteiger partial charge in [-0.25, -0.2) is 13.1 Å². The summed E-state index contributed by atoms with van der Waals surface area (Å²) in [7, 11) is -2.15. The lowest BCUT2D eigenvalue weighted by Crippen LogP contribution is -2.21. The van der Waals surface area contributed by atoms with Gasteiger partial charge in [0.2, 0.25) is 10.0 Å². The summed E-state index contributed by atoms with van der Waals surface area (Å²) in [6.07, 6.45) is 1.41. The Morgan fingerprint density at radius 3 is 2.27 bits per heavy atom. The van der Waals surface area contributed by atoms with Crippen LogP contribution >= 0.6 is 0 Å². The molecule has 2 aromatic rings. The van der Waals surface area contributed by atoms with Crippen molar-refractivity contribution in [3.63, 3.8) is 0 Å². The number of rotatable bonds is 5. The maximum absolute atomic E-state index is 12.2. The summed E-state index contributed by atoms with van der Waals surface area (Å²) in [5, 5.41) is 9.23. The van der Waals surface area contributed by atoms with E-state index in [1.165, 1.54) is 25.3 Å². The monoisotopic (exact) mass is 372 g/mol. The number of Topliss-reactive ketones (excluding diaryl/α,β-unsaturated/α-hetero) is 1. The Morgan fingerprint density at radius 2 is 1.77 bits per heavy atom. The summed E-state index contributed by atoms with van der Waals surface area (Å²) >= 11 is 0. The Balaban J connectivity index is 2.32. The fraction of sp³-hybridized carbons (Fsp3) is 0.263. The molecule has 1 aromatic carbocycles. The minimum atomic E-state index is -3.50. The van der Waals surface area contributed by atoms with Crippen molar-refractivity contribution in [2.45, 2.75) is 25.7 Å². The predicted molar refractivity (Wildman–Crippen MR) is 98.4 cm³/mol. The molecule has 0 spiro atoms. The first kappa shape index (κ1) is 19.6. The Kier molecular flexibility index (Phi) is 5.50. The van der Waals surface area contributed by atoms with Crippen molar-refractivity contribution in [2.24, 2.45) is 5.41 Å². The normalized spacial score (nSPS) is 12.7. The van der Waals surface area contributed by atoms with Gasteiger partial charge in [0.1, 0.15) is 17.6 Å². The fourth-order valence-corrected chi connectivity index (χ4v) is 2.93. The van der Waals surface area contributed by atoms with E-state index in [2.05, 4.69) is 4.72 Å². The third kappa shape index (κ3) is 4.28. The average Bonchev–Trinajstić information content (AvgIpc) is 3.07. The third-order valence-electron chi connectivity index (χ3n) is 3.68. The molecule has 0 radical (unpaired) electrons. The number of nitriles is 1. The van der Waals surface area contributed by atoms with Crippen molar-refractivity contribution in [3.05, 3.63) is 47.7 Å². The number of furan rings is 1. The van der Waals surface area contributed by atoms with E-state index in [0.717, 1.165) is 0 Å². The number of nitrogens with zero attached hydrogens (tertiary/aromatic N) is 1. The molecule has 136 valence electrons. The summed E-state index contributed by atoms with van der Waals surface area (Å²) in [4.78, 5) is 12.4. The van der Waals surface area contributed by atoms with Crippen molar-refractivity contribution in [3.8, 4) is 17.4 Å². The summed E-state index contributed by atoms with van der Waals surface area (Å²) in [5.74, 6) is 0.616. The molecule has 7 heteroatoms. The van der Waals surface area contributed by atoms with Gasteiger partial charge in [-0.05, 0) is 43.4 Å². The minimum Gasteiger partial charge on any atom is -0.457 e. The molecule has 2 rings (SSSR count). The number of hydrogen-bond donors (Lipinski definition) is 1. The van der Waals surface area contributed by atoms with Crippen molar-refractivity contribution >= 4 is 21.9 Å². The first-order valence-electron chi connectivity index (χ1n) is 7.89. The van der Waals surface area contributed by atoms with Crippen LogP contribution < -0.4 is 4.72 Å². The SMILES string of the molecule is CNS(=O)(=O)c1ccc(-c2ccc(C=C(C#N)C(=O)C(C)(C)C)o2)cc1. The largest absolute Gasteiger partial charge is 0.457 e. The van der Waals surface area contributed by atoms with Crippen molar-refractivity contribution in [1.82, 2.24) is 4.72 Å². The minimum absolute atomic E-state index is 0.0221. The van der Waals surface area contributed by atoms with Crippen LogP contribution in [0.15, 0.2) is 51.3 Å². The Morgan fingerprint density at radius 1 is 1.15 bits per heavy atom. The highest BCUT2D eigenvalue weighted by molar-refractivity contribution is 7.89. The molecule has 0 unspecified atom stereocenters. The van der Waals surface area contributed by atoms with E-state index in [1.807, 2.05) is 6.07 Å². The van der Waals surface area contributed by atoms with Gasteiger partial charge in [0.25, 0.3) is 0 Å². The summed E-state index contributed by atoms with van der Waals surface area (Å²) in [5.41, 5.74) is 0.0419. The van der Waals surface area contributed by atoms with Crippen LogP contribution in [0.5, 0.6) is 0 Å². The van der Waals surface area contributed by atoms with Gasteiger partial charge in [0.15, 0.2) is 5.78 Å². The first-order valence-corrected chi connectivity index (χ1v) is 9.37. The smallest absolute Gasteiger partial charge is 0.240 e. The molecule has 1 N–H and O–H groups in total. The summed E-state index contributed by atoms with van der Waals surface area (Å²) in [6.45, 7) is 5.23. The van der Waals surface area contributed by atoms with Gasteiger partial charge in [0, 0.05) is 17.1 Å². The highest BCUT2D eigenvalue weighted by Crippen LogP contribution is 2.26. The number of carbonyl (C=O) groups is 1. The second-order valence-corrected chi connectivity index (χ2v) is 8.57. The molecule has 0 fully saturated rings. The molecule has 0 aliphatic carbocycles. The van der Waals surface area contributed by atoms with Crippen molar-refractivity contribution in [2.75, 3.05) is 7.05 Å². The second kappa shape index (κ2) is 7.28. The number of ketones is 1. The van der Waals surface area contributed by atoms with Gasteiger partial charge < -0.3 is 4.42 Å². The zero-order chi connectivity index (χ0) is 19.5. The molecule has 1 heterocycles. The quantitative estimate of drug-likeness (QED) is 0.640. The highest BCUT2D eigenvalue weighted by Gasteiger charge is 2.25. The summed E-state index contributed by atoms with van der Waals surface area (Å²) < 4.78 is 31.4. The lowest BCUT2D eigenvalue weighted by molar-refractivity contribution is -0.121. The van der Waals surface area contributed by atoms with Crippen LogP contribution in [-0.4, -0.2) is 21.2 Å². The van der Waals surface area contributed by atoms with Gasteiger partial charge in [-0.1, -0.05) is 20.8 Å². The van der Waals surface area contributed by atoms with E-state index in [0.29, 0.717) is 17.1 Å². The molecular weight excluding hydrogens is 352 g/mol. The number of nitrogens with one attached hydrogen (secondary N) is 1. The molecule has 0 atom stereocenters. The molecule has 0 aliphatic heterocycles. The van der Waals surface area contributed by atoms with Gasteiger partial charge in [-0.15, -0.1) is 0 Å². The lowest BCUT2D eigenvalue weighted by atomic mass is 9.86. The van der Waals surface area contributed by atoms with Crippen LogP contribution in [-0.2, 0) is 14.8 Å². The molecule has 0 saturated carbocycles. The lowest BCUT2D eigenvalue weighted by Gasteiger charge is -2.15. The standard InChI is InChI=1S/C19H20N2O4S/c1-19(2,3)18(22)14(12-20)11-15-7-10-17(25-15)13-5-8-16(9-6-13)26(23,24)21-4/h5-11,21H,1-4H3. The van der Waals surface area contributed by atoms with Crippen LogP contribution in [0.25, 0.3) is 17.4 Å². The Labute approximate surface area is 153 Å². The van der Waals surface area contributed by atoms with E-state index in [1.54, 1.807) is 45.0 Å². The fourth-order valence-electron chi connectivity index (χ4n) is 2.20. The van der Waals surface area contributed by atoms with Crippen molar-refractivity contribution in [1.29, 1.82) is 5.26 Å². The predicted octanol–water partition coefficient (Wildman–Crippen LogP) is 3.38. The number of benzene rings is 1. The van der Waals surface area contributed by atoms with E-state index in [4.69, 9.17) is 4.42 Å². The van der Waals surface area contributed by atoms with Crippen LogP contribution in [0.3, 0.4) is 0 Å². The molecular formula is C19H20N2O4S. The molecule has 1 aromatic heterocycles. The van der Waals surface area contributed by atoms with Crippen molar-refractivity contribution < 1.29 is 17.6 Å². The Hall–Kier alpha value is -2.69. The summed E-state index contributed by atoms with van der Waals surface area (Å²) in [6, 6.07) is 11.5.